The molecule has 0 amide bonds. The molecule has 6 heteroatoms. The third-order valence-corrected chi connectivity index (χ3v) is 3.46. The maximum atomic E-state index is 10.3. The van der Waals surface area contributed by atoms with E-state index >= 15 is 0 Å². The van der Waals surface area contributed by atoms with Crippen molar-refractivity contribution >= 4 is 11.6 Å². The van der Waals surface area contributed by atoms with Crippen LogP contribution in [-0.4, -0.2) is 50.9 Å². The lowest BCUT2D eigenvalue weighted by Gasteiger charge is -2.22. The summed E-state index contributed by atoms with van der Waals surface area (Å²) in [6, 6.07) is 2.90. The van der Waals surface area contributed by atoms with Gasteiger partial charge in [-0.25, -0.2) is 0 Å². The molecule has 2 unspecified atom stereocenters. The van der Waals surface area contributed by atoms with E-state index in [1.165, 1.54) is 14.2 Å². The third kappa shape index (κ3) is 4.24. The number of ether oxygens (including phenoxy) is 2. The predicted octanol–water partition coefficient (Wildman–Crippen LogP) is 1.67. The van der Waals surface area contributed by atoms with Crippen LogP contribution in [0.1, 0.15) is 18.1 Å². The minimum absolute atomic E-state index is 0.395. The molecule has 0 fully saturated rings. The van der Waals surface area contributed by atoms with Crippen molar-refractivity contribution < 1.29 is 14.6 Å². The van der Waals surface area contributed by atoms with Crippen molar-refractivity contribution in [2.75, 3.05) is 34.9 Å². The van der Waals surface area contributed by atoms with Crippen molar-refractivity contribution in [2.45, 2.75) is 18.6 Å². The summed E-state index contributed by atoms with van der Waals surface area (Å²) in [6.45, 7) is 0.795. The second kappa shape index (κ2) is 7.69. The zero-order valence-corrected chi connectivity index (χ0v) is 13.1. The lowest BCUT2D eigenvalue weighted by atomic mass is 9.99. The van der Waals surface area contributed by atoms with Crippen LogP contribution in [-0.2, 0) is 0 Å². The molecule has 20 heavy (non-hydrogen) atoms. The zero-order chi connectivity index (χ0) is 15.3. The Labute approximate surface area is 125 Å². The largest absolute Gasteiger partial charge is 0.493 e. The van der Waals surface area contributed by atoms with Crippen LogP contribution in [0.4, 0.5) is 0 Å². The summed E-state index contributed by atoms with van der Waals surface area (Å²) in [6.07, 6.45) is -0.180. The van der Waals surface area contributed by atoms with Crippen LogP contribution >= 0.6 is 11.6 Å². The van der Waals surface area contributed by atoms with Crippen LogP contribution in [0.15, 0.2) is 12.1 Å². The van der Waals surface area contributed by atoms with Gasteiger partial charge in [-0.1, -0.05) is 11.6 Å². The molecule has 0 bridgehead atoms. The maximum absolute atomic E-state index is 10.3. The first kappa shape index (κ1) is 17.0. The highest BCUT2D eigenvalue weighted by Crippen LogP contribution is 2.36. The Morgan fingerprint density at radius 2 is 1.80 bits per heavy atom. The molecule has 1 aromatic carbocycles. The van der Waals surface area contributed by atoms with E-state index in [0.717, 1.165) is 6.54 Å². The summed E-state index contributed by atoms with van der Waals surface area (Å²) in [5.74, 6) is 1.04. The summed E-state index contributed by atoms with van der Waals surface area (Å²) in [5, 5.41) is 10.8. The molecular weight excluding hydrogens is 280 g/mol. The Morgan fingerprint density at radius 1 is 1.25 bits per heavy atom. The standard InChI is InChI=1S/C14H23ClN2O3/c1-17(2)6-5-11(16)14(18)9-7-12(19-3)13(20-4)8-10(9)15/h7-8,11,14,18H,5-6,16H2,1-4H3. The molecule has 0 aliphatic heterocycles. The number of benzene rings is 1. The average Bonchev–Trinajstić information content (AvgIpc) is 2.43. The number of halogens is 1. The number of nitrogens with zero attached hydrogens (tertiary/aromatic N) is 1. The number of rotatable bonds is 7. The van der Waals surface area contributed by atoms with Gasteiger partial charge in [0.25, 0.3) is 0 Å². The summed E-state index contributed by atoms with van der Waals surface area (Å²) < 4.78 is 10.4. The minimum atomic E-state index is -0.845. The van der Waals surface area contributed by atoms with E-state index in [2.05, 4.69) is 0 Å². The summed E-state index contributed by atoms with van der Waals surface area (Å²) in [4.78, 5) is 2.02. The van der Waals surface area contributed by atoms with Crippen LogP contribution in [0.5, 0.6) is 11.5 Å². The molecule has 1 aromatic rings. The van der Waals surface area contributed by atoms with Gasteiger partial charge in [0, 0.05) is 17.7 Å². The molecular formula is C14H23ClN2O3. The number of aliphatic hydroxyl groups is 1. The molecule has 0 aromatic heterocycles. The van der Waals surface area contributed by atoms with E-state index in [4.69, 9.17) is 26.8 Å². The van der Waals surface area contributed by atoms with Gasteiger partial charge in [-0.05, 0) is 33.1 Å². The highest BCUT2D eigenvalue weighted by molar-refractivity contribution is 6.31. The minimum Gasteiger partial charge on any atom is -0.493 e. The summed E-state index contributed by atoms with van der Waals surface area (Å²) in [5.41, 5.74) is 6.57. The Morgan fingerprint density at radius 3 is 2.30 bits per heavy atom. The Balaban J connectivity index is 2.94. The SMILES string of the molecule is COc1cc(Cl)c(C(O)C(N)CCN(C)C)cc1OC. The first-order valence-electron chi connectivity index (χ1n) is 6.40. The maximum Gasteiger partial charge on any atom is 0.162 e. The van der Waals surface area contributed by atoms with Crippen LogP contribution in [0.25, 0.3) is 0 Å². The van der Waals surface area contributed by atoms with Crippen molar-refractivity contribution in [3.05, 3.63) is 22.7 Å². The average molecular weight is 303 g/mol. The molecule has 1 rings (SSSR count). The first-order chi connectivity index (χ1) is 9.40. The number of aliphatic hydroxyl groups excluding tert-OH is 1. The molecule has 5 nitrogen and oxygen atoms in total. The van der Waals surface area contributed by atoms with Gasteiger partial charge in [0.15, 0.2) is 11.5 Å². The molecule has 2 atom stereocenters. The van der Waals surface area contributed by atoms with Crippen molar-refractivity contribution in [3.8, 4) is 11.5 Å². The van der Waals surface area contributed by atoms with Crippen molar-refractivity contribution in [1.29, 1.82) is 0 Å². The third-order valence-electron chi connectivity index (χ3n) is 3.14. The fourth-order valence-electron chi connectivity index (χ4n) is 1.89. The smallest absolute Gasteiger partial charge is 0.162 e. The molecule has 0 aliphatic carbocycles. The summed E-state index contributed by atoms with van der Waals surface area (Å²) >= 11 is 6.18. The number of hydrogen-bond donors (Lipinski definition) is 2. The second-order valence-electron chi connectivity index (χ2n) is 4.93. The number of hydrogen-bond acceptors (Lipinski definition) is 5. The van der Waals surface area contributed by atoms with E-state index in [0.29, 0.717) is 28.5 Å². The Bertz CT molecular complexity index is 441. The fourth-order valence-corrected chi connectivity index (χ4v) is 2.16. The quantitative estimate of drug-likeness (QED) is 0.802. The Hall–Kier alpha value is -1.01. The molecule has 0 radical (unpaired) electrons. The molecule has 3 N–H and O–H groups in total. The lowest BCUT2D eigenvalue weighted by molar-refractivity contribution is 0.137. The highest BCUT2D eigenvalue weighted by Gasteiger charge is 2.22. The topological polar surface area (TPSA) is 68.0 Å². The van der Waals surface area contributed by atoms with Crippen LogP contribution in [0.3, 0.4) is 0 Å². The molecule has 0 saturated heterocycles. The van der Waals surface area contributed by atoms with Gasteiger partial charge in [-0.15, -0.1) is 0 Å². The summed E-state index contributed by atoms with van der Waals surface area (Å²) in [7, 11) is 6.99. The Kier molecular flexibility index (Phi) is 6.55. The van der Waals surface area contributed by atoms with Crippen LogP contribution in [0.2, 0.25) is 5.02 Å². The van der Waals surface area contributed by atoms with E-state index in [1.807, 2.05) is 19.0 Å². The van der Waals surface area contributed by atoms with Gasteiger partial charge >= 0.3 is 0 Å². The van der Waals surface area contributed by atoms with E-state index in [9.17, 15) is 5.11 Å². The van der Waals surface area contributed by atoms with E-state index in [-0.39, 0.29) is 0 Å². The van der Waals surface area contributed by atoms with Crippen molar-refractivity contribution in [3.63, 3.8) is 0 Å². The molecule has 0 heterocycles. The van der Waals surface area contributed by atoms with Gasteiger partial charge in [0.1, 0.15) is 0 Å². The van der Waals surface area contributed by atoms with Gasteiger partial charge in [-0.2, -0.15) is 0 Å². The van der Waals surface area contributed by atoms with Gasteiger partial charge in [0.05, 0.1) is 25.3 Å². The molecule has 114 valence electrons. The van der Waals surface area contributed by atoms with E-state index < -0.39 is 12.1 Å². The van der Waals surface area contributed by atoms with Crippen molar-refractivity contribution in [1.82, 2.24) is 4.90 Å². The monoisotopic (exact) mass is 302 g/mol. The van der Waals surface area contributed by atoms with Crippen molar-refractivity contribution in [2.24, 2.45) is 5.73 Å². The predicted molar refractivity (Wildman–Crippen MR) is 80.7 cm³/mol. The molecule has 0 spiro atoms. The zero-order valence-electron chi connectivity index (χ0n) is 12.4. The first-order valence-corrected chi connectivity index (χ1v) is 6.78. The lowest BCUT2D eigenvalue weighted by Crippen LogP contribution is -2.32. The molecule has 0 saturated carbocycles. The normalized spacial score (nSPS) is 14.2. The number of nitrogens with two attached hydrogens (primary N) is 1. The second-order valence-corrected chi connectivity index (χ2v) is 5.34. The number of methoxy groups -OCH3 is 2. The molecule has 0 aliphatic rings. The van der Waals surface area contributed by atoms with Gasteiger partial charge in [0.2, 0.25) is 0 Å². The van der Waals surface area contributed by atoms with Gasteiger partial charge in [-0.3, -0.25) is 0 Å². The highest BCUT2D eigenvalue weighted by atomic mass is 35.5. The van der Waals surface area contributed by atoms with Crippen LogP contribution < -0.4 is 15.2 Å². The van der Waals surface area contributed by atoms with E-state index in [1.54, 1.807) is 12.1 Å². The van der Waals surface area contributed by atoms with Crippen LogP contribution in [0, 0.1) is 0 Å². The fraction of sp³-hybridized carbons (Fsp3) is 0.571. The van der Waals surface area contributed by atoms with Gasteiger partial charge < -0.3 is 25.2 Å².